The van der Waals surface area contributed by atoms with E-state index in [2.05, 4.69) is 17.1 Å². The minimum absolute atomic E-state index is 0.0887. The Bertz CT molecular complexity index is 190. The van der Waals surface area contributed by atoms with Gasteiger partial charge in [-0.1, -0.05) is 6.92 Å². The van der Waals surface area contributed by atoms with E-state index in [1.165, 1.54) is 38.9 Å². The highest BCUT2D eigenvalue weighted by atomic mass is 16.3. The summed E-state index contributed by atoms with van der Waals surface area (Å²) in [6.07, 6.45) is 5.75. The van der Waals surface area contributed by atoms with Crippen molar-refractivity contribution < 1.29 is 5.11 Å². The largest absolute Gasteiger partial charge is 0.392 e. The highest BCUT2D eigenvalue weighted by Crippen LogP contribution is 2.21. The standard InChI is InChI=1S/C12H24N2O/c1-2-14-8-6-10(7-9-14)13-11-4-3-5-12(11)15/h10-13,15H,2-9H2,1H3. The molecule has 3 nitrogen and oxygen atoms in total. The van der Waals surface area contributed by atoms with Crippen molar-refractivity contribution in [2.45, 2.75) is 57.2 Å². The summed E-state index contributed by atoms with van der Waals surface area (Å²) in [5.74, 6) is 0. The van der Waals surface area contributed by atoms with Crippen LogP contribution in [0, 0.1) is 0 Å². The number of rotatable bonds is 3. The lowest BCUT2D eigenvalue weighted by atomic mass is 10.0. The van der Waals surface area contributed by atoms with Crippen molar-refractivity contribution in [2.24, 2.45) is 0 Å². The van der Waals surface area contributed by atoms with Crippen LogP contribution < -0.4 is 5.32 Å². The predicted molar refractivity (Wildman–Crippen MR) is 61.9 cm³/mol. The van der Waals surface area contributed by atoms with Crippen molar-refractivity contribution in [3.8, 4) is 0 Å². The molecule has 2 atom stereocenters. The van der Waals surface area contributed by atoms with E-state index in [0.29, 0.717) is 12.1 Å². The van der Waals surface area contributed by atoms with E-state index in [1.54, 1.807) is 0 Å². The molecule has 2 fully saturated rings. The summed E-state index contributed by atoms with van der Waals surface area (Å²) < 4.78 is 0. The molecule has 0 radical (unpaired) electrons. The molecule has 2 aliphatic rings. The van der Waals surface area contributed by atoms with E-state index < -0.39 is 0 Å². The van der Waals surface area contributed by atoms with Gasteiger partial charge in [0.25, 0.3) is 0 Å². The number of nitrogens with zero attached hydrogens (tertiary/aromatic N) is 1. The summed E-state index contributed by atoms with van der Waals surface area (Å²) in [7, 11) is 0. The van der Waals surface area contributed by atoms with Crippen LogP contribution in [0.4, 0.5) is 0 Å². The van der Waals surface area contributed by atoms with Crippen LogP contribution in [-0.2, 0) is 0 Å². The lowest BCUT2D eigenvalue weighted by molar-refractivity contribution is 0.128. The molecular weight excluding hydrogens is 188 g/mol. The molecule has 2 rings (SSSR count). The molecule has 0 amide bonds. The Balaban J connectivity index is 1.72. The second-order valence-corrected chi connectivity index (χ2v) is 4.98. The fraction of sp³-hybridized carbons (Fsp3) is 1.00. The van der Waals surface area contributed by atoms with Gasteiger partial charge in [-0.25, -0.2) is 0 Å². The van der Waals surface area contributed by atoms with Crippen LogP contribution in [-0.4, -0.2) is 47.8 Å². The summed E-state index contributed by atoms with van der Waals surface area (Å²) in [4.78, 5) is 2.50. The van der Waals surface area contributed by atoms with E-state index in [-0.39, 0.29) is 6.10 Å². The van der Waals surface area contributed by atoms with E-state index in [1.807, 2.05) is 0 Å². The minimum atomic E-state index is -0.0887. The van der Waals surface area contributed by atoms with Crippen molar-refractivity contribution >= 4 is 0 Å². The van der Waals surface area contributed by atoms with Crippen molar-refractivity contribution in [1.29, 1.82) is 0 Å². The molecule has 0 aromatic heterocycles. The molecule has 0 bridgehead atoms. The molecule has 0 aromatic rings. The van der Waals surface area contributed by atoms with Crippen LogP contribution in [0.25, 0.3) is 0 Å². The SMILES string of the molecule is CCN1CCC(NC2CCCC2O)CC1. The van der Waals surface area contributed by atoms with E-state index in [0.717, 1.165) is 12.8 Å². The van der Waals surface area contributed by atoms with Crippen molar-refractivity contribution in [3.63, 3.8) is 0 Å². The van der Waals surface area contributed by atoms with Crippen LogP contribution in [0.1, 0.15) is 39.0 Å². The Morgan fingerprint density at radius 1 is 1.20 bits per heavy atom. The zero-order chi connectivity index (χ0) is 10.7. The topological polar surface area (TPSA) is 35.5 Å². The Morgan fingerprint density at radius 2 is 1.93 bits per heavy atom. The lowest BCUT2D eigenvalue weighted by Crippen LogP contribution is -2.48. The first kappa shape index (κ1) is 11.4. The lowest BCUT2D eigenvalue weighted by Gasteiger charge is -2.33. The van der Waals surface area contributed by atoms with Gasteiger partial charge in [0.2, 0.25) is 0 Å². The number of aliphatic hydroxyl groups is 1. The average Bonchev–Trinajstić information content (AvgIpc) is 2.66. The van der Waals surface area contributed by atoms with Gasteiger partial charge in [-0.2, -0.15) is 0 Å². The van der Waals surface area contributed by atoms with Gasteiger partial charge in [0.1, 0.15) is 0 Å². The molecule has 0 aromatic carbocycles. The maximum absolute atomic E-state index is 9.74. The first-order chi connectivity index (χ1) is 7.29. The minimum Gasteiger partial charge on any atom is -0.392 e. The Hall–Kier alpha value is -0.120. The van der Waals surface area contributed by atoms with Gasteiger partial charge in [0, 0.05) is 12.1 Å². The molecule has 1 saturated heterocycles. The summed E-state index contributed by atoms with van der Waals surface area (Å²) in [6.45, 7) is 5.85. The molecule has 1 aliphatic carbocycles. The van der Waals surface area contributed by atoms with Gasteiger partial charge in [-0.05, 0) is 51.7 Å². The summed E-state index contributed by atoms with van der Waals surface area (Å²) >= 11 is 0. The molecule has 3 heteroatoms. The highest BCUT2D eigenvalue weighted by Gasteiger charge is 2.28. The predicted octanol–water partition coefficient (Wildman–Crippen LogP) is 0.974. The Labute approximate surface area is 92.8 Å². The van der Waals surface area contributed by atoms with Crippen molar-refractivity contribution in [1.82, 2.24) is 10.2 Å². The van der Waals surface area contributed by atoms with Gasteiger partial charge in [-0.15, -0.1) is 0 Å². The number of hydrogen-bond donors (Lipinski definition) is 2. The number of aliphatic hydroxyl groups excluding tert-OH is 1. The summed E-state index contributed by atoms with van der Waals surface area (Å²) in [5.41, 5.74) is 0. The van der Waals surface area contributed by atoms with Gasteiger partial charge >= 0.3 is 0 Å². The molecule has 2 N–H and O–H groups in total. The van der Waals surface area contributed by atoms with E-state index >= 15 is 0 Å². The van der Waals surface area contributed by atoms with Gasteiger partial charge < -0.3 is 15.3 Å². The second kappa shape index (κ2) is 5.28. The summed E-state index contributed by atoms with van der Waals surface area (Å²) in [5, 5.41) is 13.4. The molecule has 15 heavy (non-hydrogen) atoms. The third kappa shape index (κ3) is 2.92. The second-order valence-electron chi connectivity index (χ2n) is 4.98. The van der Waals surface area contributed by atoms with Crippen molar-refractivity contribution in [3.05, 3.63) is 0 Å². The average molecular weight is 212 g/mol. The number of hydrogen-bond acceptors (Lipinski definition) is 3. The third-order valence-corrected chi connectivity index (χ3v) is 3.96. The molecule has 88 valence electrons. The molecular formula is C12H24N2O. The van der Waals surface area contributed by atoms with Gasteiger partial charge in [0.15, 0.2) is 0 Å². The van der Waals surface area contributed by atoms with Crippen LogP contribution in [0.5, 0.6) is 0 Å². The maximum atomic E-state index is 9.74. The van der Waals surface area contributed by atoms with Crippen LogP contribution in [0.3, 0.4) is 0 Å². The van der Waals surface area contributed by atoms with Crippen LogP contribution in [0.15, 0.2) is 0 Å². The van der Waals surface area contributed by atoms with E-state index in [4.69, 9.17) is 0 Å². The number of nitrogens with one attached hydrogen (secondary N) is 1. The maximum Gasteiger partial charge on any atom is 0.0693 e. The zero-order valence-electron chi connectivity index (χ0n) is 9.78. The molecule has 2 unspecified atom stereocenters. The Morgan fingerprint density at radius 3 is 2.47 bits per heavy atom. The van der Waals surface area contributed by atoms with Crippen molar-refractivity contribution in [2.75, 3.05) is 19.6 Å². The monoisotopic (exact) mass is 212 g/mol. The third-order valence-electron chi connectivity index (χ3n) is 3.96. The normalized spacial score (nSPS) is 34.8. The first-order valence-electron chi connectivity index (χ1n) is 6.46. The van der Waals surface area contributed by atoms with Crippen LogP contribution >= 0.6 is 0 Å². The summed E-state index contributed by atoms with van der Waals surface area (Å²) in [6, 6.07) is 1.02. The van der Waals surface area contributed by atoms with E-state index in [9.17, 15) is 5.11 Å². The quantitative estimate of drug-likeness (QED) is 0.732. The number of likely N-dealkylation sites (tertiary alicyclic amines) is 1. The highest BCUT2D eigenvalue weighted by molar-refractivity contribution is 4.87. The van der Waals surface area contributed by atoms with Gasteiger partial charge in [0.05, 0.1) is 6.10 Å². The fourth-order valence-corrected chi connectivity index (χ4v) is 2.85. The smallest absolute Gasteiger partial charge is 0.0693 e. The van der Waals surface area contributed by atoms with Crippen LogP contribution in [0.2, 0.25) is 0 Å². The molecule has 1 saturated carbocycles. The zero-order valence-corrected chi connectivity index (χ0v) is 9.78. The molecule has 1 aliphatic heterocycles. The fourth-order valence-electron chi connectivity index (χ4n) is 2.85. The molecule has 0 spiro atoms. The first-order valence-corrected chi connectivity index (χ1v) is 6.46. The molecule has 1 heterocycles. The Kier molecular flexibility index (Phi) is 4.00. The van der Waals surface area contributed by atoms with Gasteiger partial charge in [-0.3, -0.25) is 0 Å². The number of piperidine rings is 1.